The van der Waals surface area contributed by atoms with Gasteiger partial charge in [-0.1, -0.05) is 29.9 Å². The van der Waals surface area contributed by atoms with Crippen molar-refractivity contribution in [1.82, 2.24) is 14.5 Å². The monoisotopic (exact) mass is 418 g/mol. The Kier molecular flexibility index (Phi) is 4.83. The summed E-state index contributed by atoms with van der Waals surface area (Å²) in [5, 5.41) is 1.25. The van der Waals surface area contributed by atoms with Crippen molar-refractivity contribution in [3.8, 4) is 0 Å². The molecule has 0 bridgehead atoms. The Hall–Kier alpha value is -3.06. The van der Waals surface area contributed by atoms with Crippen LogP contribution in [0.2, 0.25) is 0 Å². The fraction of sp³-hybridized carbons (Fsp3) is 0.304. The minimum absolute atomic E-state index is 0.00517. The highest BCUT2D eigenvalue weighted by molar-refractivity contribution is 7.22. The molecule has 6 nitrogen and oxygen atoms in total. The van der Waals surface area contributed by atoms with Gasteiger partial charge in [-0.25, -0.2) is 9.97 Å². The third kappa shape index (κ3) is 3.19. The average molecular weight is 419 g/mol. The molecule has 5 rings (SSSR count). The van der Waals surface area contributed by atoms with Crippen molar-refractivity contribution < 1.29 is 4.79 Å². The second kappa shape index (κ2) is 7.65. The first-order valence-electron chi connectivity index (χ1n) is 10.4. The van der Waals surface area contributed by atoms with Crippen molar-refractivity contribution in [2.75, 3.05) is 11.4 Å². The van der Waals surface area contributed by atoms with Crippen LogP contribution in [0.5, 0.6) is 0 Å². The summed E-state index contributed by atoms with van der Waals surface area (Å²) < 4.78 is 2.85. The van der Waals surface area contributed by atoms with Crippen LogP contribution in [0.1, 0.15) is 42.4 Å². The topological polar surface area (TPSA) is 68.1 Å². The second-order valence-corrected chi connectivity index (χ2v) is 8.55. The maximum atomic E-state index is 13.3. The summed E-state index contributed by atoms with van der Waals surface area (Å²) in [6, 6.07) is 13.1. The van der Waals surface area contributed by atoms with Gasteiger partial charge in [-0.05, 0) is 50.1 Å². The van der Waals surface area contributed by atoms with Gasteiger partial charge in [0.05, 0.1) is 21.1 Å². The lowest BCUT2D eigenvalue weighted by Crippen LogP contribution is -2.30. The first-order chi connectivity index (χ1) is 14.7. The first-order valence-corrected chi connectivity index (χ1v) is 11.2. The zero-order chi connectivity index (χ0) is 20.7. The largest absolute Gasteiger partial charge is 0.296 e. The number of anilines is 1. The molecule has 4 aromatic rings. The number of nitrogens with zero attached hydrogens (tertiary/aromatic N) is 4. The van der Waals surface area contributed by atoms with Gasteiger partial charge in [0.1, 0.15) is 5.82 Å². The number of rotatable bonds is 3. The second-order valence-electron chi connectivity index (χ2n) is 7.54. The first kappa shape index (κ1) is 18.9. The zero-order valence-electron chi connectivity index (χ0n) is 16.8. The average Bonchev–Trinajstić information content (AvgIpc) is 3.04. The Bertz CT molecular complexity index is 1290. The van der Waals surface area contributed by atoms with Crippen LogP contribution in [0.4, 0.5) is 5.13 Å². The van der Waals surface area contributed by atoms with Crippen LogP contribution < -0.4 is 10.5 Å². The summed E-state index contributed by atoms with van der Waals surface area (Å²) in [7, 11) is 0. The van der Waals surface area contributed by atoms with Gasteiger partial charge in [-0.3, -0.25) is 19.1 Å². The van der Waals surface area contributed by atoms with E-state index < -0.39 is 0 Å². The molecule has 0 fully saturated rings. The zero-order valence-corrected chi connectivity index (χ0v) is 17.6. The molecule has 2 aromatic heterocycles. The molecule has 0 N–H and O–H groups in total. The molecular formula is C23H22N4O2S. The molecule has 0 radical (unpaired) electrons. The van der Waals surface area contributed by atoms with Crippen LogP contribution in [0.25, 0.3) is 21.1 Å². The normalized spacial score (nSPS) is 13.9. The van der Waals surface area contributed by atoms with Crippen LogP contribution in [0, 0.1) is 0 Å². The summed E-state index contributed by atoms with van der Waals surface area (Å²) in [4.78, 5) is 37.3. The van der Waals surface area contributed by atoms with Gasteiger partial charge in [0.25, 0.3) is 11.5 Å². The summed E-state index contributed by atoms with van der Waals surface area (Å²) in [5.41, 5.74) is 2.00. The fourth-order valence-corrected chi connectivity index (χ4v) is 5.08. The number of hydrogen-bond donors (Lipinski definition) is 0. The van der Waals surface area contributed by atoms with Crippen LogP contribution in [0.15, 0.2) is 47.3 Å². The van der Waals surface area contributed by atoms with Crippen molar-refractivity contribution in [1.29, 1.82) is 0 Å². The van der Waals surface area contributed by atoms with Crippen LogP contribution in [0.3, 0.4) is 0 Å². The highest BCUT2D eigenvalue weighted by Gasteiger charge is 2.21. The molecule has 0 saturated carbocycles. The standard InChI is InChI=1S/C23H22N4O2S/c1-2-26(23-25-17-8-5-6-9-19(17)30-23)21(28)15-11-12-16-18(14-15)24-20-10-4-3-7-13-27(20)22(16)29/h5-6,8-9,11-12,14H,2-4,7,10,13H2,1H3. The van der Waals surface area contributed by atoms with E-state index in [-0.39, 0.29) is 11.5 Å². The van der Waals surface area contributed by atoms with E-state index in [0.29, 0.717) is 28.1 Å². The van der Waals surface area contributed by atoms with Gasteiger partial charge in [0.15, 0.2) is 5.13 Å². The molecule has 0 spiro atoms. The van der Waals surface area contributed by atoms with Gasteiger partial charge < -0.3 is 0 Å². The van der Waals surface area contributed by atoms with E-state index >= 15 is 0 Å². The Labute approximate surface area is 177 Å². The van der Waals surface area contributed by atoms with Crippen molar-refractivity contribution in [2.45, 2.75) is 39.2 Å². The molecule has 152 valence electrons. The van der Waals surface area contributed by atoms with E-state index in [1.165, 1.54) is 11.3 Å². The highest BCUT2D eigenvalue weighted by atomic mass is 32.1. The van der Waals surface area contributed by atoms with Crippen molar-refractivity contribution >= 4 is 43.5 Å². The highest BCUT2D eigenvalue weighted by Crippen LogP contribution is 2.29. The number of fused-ring (bicyclic) bond motifs is 3. The summed E-state index contributed by atoms with van der Waals surface area (Å²) in [5.74, 6) is 0.698. The minimum Gasteiger partial charge on any atom is -0.296 e. The van der Waals surface area contributed by atoms with E-state index in [1.54, 1.807) is 27.7 Å². The summed E-state index contributed by atoms with van der Waals surface area (Å²) in [6.07, 6.45) is 3.95. The van der Waals surface area contributed by atoms with Gasteiger partial charge in [-0.2, -0.15) is 0 Å². The van der Waals surface area contributed by atoms with Crippen LogP contribution >= 0.6 is 11.3 Å². The summed E-state index contributed by atoms with van der Waals surface area (Å²) in [6.45, 7) is 3.17. The molecule has 0 atom stereocenters. The van der Waals surface area contributed by atoms with E-state index in [2.05, 4.69) is 4.98 Å². The lowest BCUT2D eigenvalue weighted by Gasteiger charge is -2.18. The quantitative estimate of drug-likeness (QED) is 0.495. The van der Waals surface area contributed by atoms with Gasteiger partial charge in [0, 0.05) is 25.1 Å². The predicted molar refractivity (Wildman–Crippen MR) is 121 cm³/mol. The number of thiazole rings is 1. The molecule has 0 unspecified atom stereocenters. The van der Waals surface area contributed by atoms with E-state index in [0.717, 1.165) is 48.3 Å². The molecule has 3 heterocycles. The number of benzene rings is 2. The lowest BCUT2D eigenvalue weighted by atomic mass is 10.1. The molecule has 1 amide bonds. The van der Waals surface area contributed by atoms with Crippen molar-refractivity contribution in [2.24, 2.45) is 0 Å². The SMILES string of the molecule is CCN(C(=O)c1ccc2c(=O)n3c(nc2c1)CCCCC3)c1nc2ccccc2s1. The predicted octanol–water partition coefficient (Wildman–Crippen LogP) is 4.40. The number of aryl methyl sites for hydroxylation is 1. The Morgan fingerprint density at radius 3 is 2.80 bits per heavy atom. The molecule has 7 heteroatoms. The van der Waals surface area contributed by atoms with Crippen molar-refractivity contribution in [3.05, 3.63) is 64.2 Å². The Morgan fingerprint density at radius 2 is 1.97 bits per heavy atom. The molecule has 30 heavy (non-hydrogen) atoms. The van der Waals surface area contributed by atoms with Crippen molar-refractivity contribution in [3.63, 3.8) is 0 Å². The third-order valence-corrected chi connectivity index (χ3v) is 6.70. The molecule has 1 aliphatic rings. The maximum absolute atomic E-state index is 13.3. The Morgan fingerprint density at radius 1 is 1.10 bits per heavy atom. The van der Waals surface area contributed by atoms with Crippen LogP contribution in [-0.2, 0) is 13.0 Å². The number of carbonyl (C=O) groups is 1. The molecule has 0 saturated heterocycles. The number of para-hydroxylation sites is 1. The van der Waals surface area contributed by atoms with Gasteiger partial charge in [-0.15, -0.1) is 0 Å². The van der Waals surface area contributed by atoms with E-state index in [9.17, 15) is 9.59 Å². The number of aromatic nitrogens is 3. The van der Waals surface area contributed by atoms with Gasteiger partial charge in [0.2, 0.25) is 0 Å². The van der Waals surface area contributed by atoms with Gasteiger partial charge >= 0.3 is 0 Å². The fourth-order valence-electron chi connectivity index (χ4n) is 4.05. The number of hydrogen-bond acceptors (Lipinski definition) is 5. The summed E-state index contributed by atoms with van der Waals surface area (Å²) >= 11 is 1.50. The van der Waals surface area contributed by atoms with E-state index in [4.69, 9.17) is 4.98 Å². The molecule has 2 aromatic carbocycles. The maximum Gasteiger partial charge on any atom is 0.261 e. The third-order valence-electron chi connectivity index (χ3n) is 5.64. The molecule has 0 aliphatic carbocycles. The van der Waals surface area contributed by atoms with Crippen LogP contribution in [-0.4, -0.2) is 27.0 Å². The number of amides is 1. The molecule has 1 aliphatic heterocycles. The smallest absolute Gasteiger partial charge is 0.261 e. The number of carbonyl (C=O) groups excluding carboxylic acids is 1. The Balaban J connectivity index is 1.56. The molecular weight excluding hydrogens is 396 g/mol. The van der Waals surface area contributed by atoms with E-state index in [1.807, 2.05) is 31.2 Å². The minimum atomic E-state index is -0.129. The lowest BCUT2D eigenvalue weighted by molar-refractivity contribution is 0.0988.